The molecule has 0 aromatic heterocycles. The molecule has 0 bridgehead atoms. The lowest BCUT2D eigenvalue weighted by Crippen LogP contribution is -2.42. The van der Waals surface area contributed by atoms with Crippen molar-refractivity contribution >= 4 is 46.3 Å². The van der Waals surface area contributed by atoms with Gasteiger partial charge in [0.15, 0.2) is 0 Å². The summed E-state index contributed by atoms with van der Waals surface area (Å²) in [5.74, 6) is -0.0465. The maximum atomic E-state index is 12.4. The van der Waals surface area contributed by atoms with Gasteiger partial charge in [-0.2, -0.15) is 0 Å². The van der Waals surface area contributed by atoms with Crippen LogP contribution in [0, 0.1) is 0 Å². The number of rotatable bonds is 4. The van der Waals surface area contributed by atoms with E-state index in [-0.39, 0.29) is 5.91 Å². The van der Waals surface area contributed by atoms with E-state index in [1.54, 1.807) is 20.1 Å². The van der Waals surface area contributed by atoms with Gasteiger partial charge in [0, 0.05) is 0 Å². The average Bonchev–Trinajstić information content (AvgIpc) is 2.80. The molecule has 2 rings (SSSR count). The third-order valence-corrected chi connectivity index (χ3v) is 4.50. The number of amides is 1. The van der Waals surface area contributed by atoms with Crippen LogP contribution in [-0.4, -0.2) is 41.4 Å². The lowest BCUT2D eigenvalue weighted by molar-refractivity contribution is -0.147. The molecular weight excluding hydrogens is 322 g/mol. The molecule has 0 N–H and O–H groups in total. The van der Waals surface area contributed by atoms with Crippen molar-refractivity contribution in [2.24, 2.45) is 0 Å². The van der Waals surface area contributed by atoms with Crippen LogP contribution in [0.4, 0.5) is 0 Å². The van der Waals surface area contributed by atoms with Crippen LogP contribution in [0.5, 0.6) is 5.75 Å². The van der Waals surface area contributed by atoms with Crippen molar-refractivity contribution in [2.75, 3.05) is 14.2 Å². The number of thiocarbonyl (C=S) groups is 1. The van der Waals surface area contributed by atoms with Crippen molar-refractivity contribution in [3.8, 4) is 5.75 Å². The lowest BCUT2D eigenvalue weighted by Gasteiger charge is -2.20. The minimum absolute atomic E-state index is 0.288. The maximum Gasteiger partial charge on any atom is 0.328 e. The van der Waals surface area contributed by atoms with E-state index >= 15 is 0 Å². The number of hydrogen-bond donors (Lipinski definition) is 0. The van der Waals surface area contributed by atoms with Gasteiger partial charge in [-0.25, -0.2) is 4.79 Å². The molecule has 0 spiro atoms. The number of esters is 1. The smallest absolute Gasteiger partial charge is 0.328 e. The molecule has 22 heavy (non-hydrogen) atoms. The Morgan fingerprint density at radius 2 is 1.95 bits per heavy atom. The van der Waals surface area contributed by atoms with Gasteiger partial charge in [0.2, 0.25) is 0 Å². The van der Waals surface area contributed by atoms with E-state index in [0.29, 0.717) is 9.23 Å². The van der Waals surface area contributed by atoms with E-state index in [1.807, 2.05) is 24.3 Å². The van der Waals surface area contributed by atoms with E-state index in [9.17, 15) is 9.59 Å². The summed E-state index contributed by atoms with van der Waals surface area (Å²) in [5.41, 5.74) is 0.854. The second-order valence-corrected chi connectivity index (χ2v) is 6.20. The summed E-state index contributed by atoms with van der Waals surface area (Å²) in [5, 5.41) is 0. The Morgan fingerprint density at radius 3 is 2.50 bits per heavy atom. The molecule has 1 aromatic rings. The summed E-state index contributed by atoms with van der Waals surface area (Å²) in [6.45, 7) is 1.59. The summed E-state index contributed by atoms with van der Waals surface area (Å²) >= 11 is 6.37. The first kappa shape index (κ1) is 16.5. The molecule has 5 nitrogen and oxygen atoms in total. The molecule has 116 valence electrons. The number of benzene rings is 1. The highest BCUT2D eigenvalue weighted by molar-refractivity contribution is 8.26. The molecule has 7 heteroatoms. The van der Waals surface area contributed by atoms with Gasteiger partial charge >= 0.3 is 5.97 Å². The van der Waals surface area contributed by atoms with Crippen molar-refractivity contribution in [1.29, 1.82) is 0 Å². The fraction of sp³-hybridized carbons (Fsp3) is 0.267. The average molecular weight is 337 g/mol. The van der Waals surface area contributed by atoms with Crippen LogP contribution in [0.3, 0.4) is 0 Å². The summed E-state index contributed by atoms with van der Waals surface area (Å²) < 4.78 is 10.1. The molecule has 0 aliphatic carbocycles. The third-order valence-electron chi connectivity index (χ3n) is 3.17. The molecule has 1 atom stereocenters. The van der Waals surface area contributed by atoms with Crippen molar-refractivity contribution < 1.29 is 19.1 Å². The number of carbonyl (C=O) groups excluding carboxylic acids is 2. The van der Waals surface area contributed by atoms with Crippen molar-refractivity contribution in [3.63, 3.8) is 0 Å². The second kappa shape index (κ2) is 6.93. The highest BCUT2D eigenvalue weighted by Gasteiger charge is 2.38. The van der Waals surface area contributed by atoms with Gasteiger partial charge in [-0.3, -0.25) is 9.69 Å². The predicted octanol–water partition coefficient (Wildman–Crippen LogP) is 2.46. The van der Waals surface area contributed by atoms with E-state index in [0.717, 1.165) is 11.3 Å². The minimum atomic E-state index is -0.737. The molecular formula is C15H15NO4S2. The molecule has 1 amide bonds. The lowest BCUT2D eigenvalue weighted by atomic mass is 10.2. The normalized spacial score (nSPS) is 17.8. The van der Waals surface area contributed by atoms with Gasteiger partial charge < -0.3 is 9.47 Å². The van der Waals surface area contributed by atoms with Crippen molar-refractivity contribution in [3.05, 3.63) is 34.7 Å². The van der Waals surface area contributed by atoms with Crippen LogP contribution in [0.15, 0.2) is 29.2 Å². The summed E-state index contributed by atoms with van der Waals surface area (Å²) in [6, 6.07) is 6.57. The van der Waals surface area contributed by atoms with E-state index in [1.165, 1.54) is 23.8 Å². The Hall–Kier alpha value is -1.86. The monoisotopic (exact) mass is 337 g/mol. The Balaban J connectivity index is 2.23. The number of thioether (sulfide) groups is 1. The van der Waals surface area contributed by atoms with Gasteiger partial charge in [-0.05, 0) is 30.7 Å². The minimum Gasteiger partial charge on any atom is -0.497 e. The Bertz CT molecular complexity index is 639. The van der Waals surface area contributed by atoms with Crippen molar-refractivity contribution in [2.45, 2.75) is 13.0 Å². The Morgan fingerprint density at radius 1 is 1.32 bits per heavy atom. The zero-order valence-corrected chi connectivity index (χ0v) is 14.0. The first-order valence-electron chi connectivity index (χ1n) is 6.47. The molecule has 1 aromatic carbocycles. The largest absolute Gasteiger partial charge is 0.497 e. The number of nitrogens with zero attached hydrogens (tertiary/aromatic N) is 1. The number of hydrogen-bond acceptors (Lipinski definition) is 6. The Labute approximate surface area is 138 Å². The second-order valence-electron chi connectivity index (χ2n) is 4.52. The van der Waals surface area contributed by atoms with E-state index in [4.69, 9.17) is 17.0 Å². The van der Waals surface area contributed by atoms with Gasteiger partial charge in [-0.15, -0.1) is 0 Å². The van der Waals surface area contributed by atoms with E-state index in [2.05, 4.69) is 4.74 Å². The molecule has 1 aliphatic rings. The zero-order valence-electron chi connectivity index (χ0n) is 12.4. The molecule has 1 saturated heterocycles. The first-order chi connectivity index (χ1) is 10.5. The van der Waals surface area contributed by atoms with Gasteiger partial charge in [0.05, 0.1) is 19.1 Å². The van der Waals surface area contributed by atoms with Crippen LogP contribution < -0.4 is 4.74 Å². The SMILES string of the molecule is COC(=O)[C@@H](C)N1C(=O)/C(=C\c2ccc(OC)cc2)SC1=S. The third kappa shape index (κ3) is 3.31. The topological polar surface area (TPSA) is 55.8 Å². The van der Waals surface area contributed by atoms with Crippen LogP contribution in [0.25, 0.3) is 6.08 Å². The van der Waals surface area contributed by atoms with Gasteiger partial charge in [0.25, 0.3) is 5.91 Å². The number of ether oxygens (including phenoxy) is 2. The summed E-state index contributed by atoms with van der Waals surface area (Å²) in [4.78, 5) is 25.8. The molecule has 0 unspecified atom stereocenters. The Kier molecular flexibility index (Phi) is 5.20. The van der Waals surface area contributed by atoms with Crippen LogP contribution in [0.1, 0.15) is 12.5 Å². The molecule has 1 aliphatic heterocycles. The first-order valence-corrected chi connectivity index (χ1v) is 7.69. The number of carbonyl (C=O) groups is 2. The van der Waals surface area contributed by atoms with Crippen LogP contribution >= 0.6 is 24.0 Å². The standard InChI is InChI=1S/C15H15NO4S2/c1-9(14(18)20-3)16-13(17)12(22-15(16)21)8-10-4-6-11(19-2)7-5-10/h4-9H,1-3H3/b12-8+/t9-/m1/s1. The highest BCUT2D eigenvalue weighted by Crippen LogP contribution is 2.34. The molecule has 1 fully saturated rings. The van der Waals surface area contributed by atoms with Crippen LogP contribution in [-0.2, 0) is 14.3 Å². The maximum absolute atomic E-state index is 12.4. The fourth-order valence-corrected chi connectivity index (χ4v) is 3.36. The highest BCUT2D eigenvalue weighted by atomic mass is 32.2. The van der Waals surface area contributed by atoms with E-state index < -0.39 is 12.0 Å². The van der Waals surface area contributed by atoms with Crippen LogP contribution in [0.2, 0.25) is 0 Å². The number of methoxy groups -OCH3 is 2. The molecule has 0 saturated carbocycles. The molecule has 1 heterocycles. The summed E-state index contributed by atoms with van der Waals surface area (Å²) in [7, 11) is 2.87. The van der Waals surface area contributed by atoms with Crippen molar-refractivity contribution in [1.82, 2.24) is 4.90 Å². The van der Waals surface area contributed by atoms with Gasteiger partial charge in [-0.1, -0.05) is 36.1 Å². The van der Waals surface area contributed by atoms with Gasteiger partial charge in [0.1, 0.15) is 16.1 Å². The molecule has 0 radical (unpaired) electrons. The zero-order chi connectivity index (χ0) is 16.3. The predicted molar refractivity (Wildman–Crippen MR) is 89.5 cm³/mol. The fourth-order valence-electron chi connectivity index (χ4n) is 1.94. The quantitative estimate of drug-likeness (QED) is 0.478. The summed E-state index contributed by atoms with van der Waals surface area (Å²) in [6.07, 6.45) is 1.74.